The lowest BCUT2D eigenvalue weighted by molar-refractivity contribution is 0.414. The number of fused-ring (bicyclic) bond motifs is 7. The molecule has 0 amide bonds. The number of rotatable bonds is 1. The minimum atomic E-state index is -0.322. The highest BCUT2D eigenvalue weighted by atomic mass is 16.5. The van der Waals surface area contributed by atoms with Gasteiger partial charge in [0.15, 0.2) is 0 Å². The summed E-state index contributed by atoms with van der Waals surface area (Å²) < 4.78 is 10.9. The van der Waals surface area contributed by atoms with Gasteiger partial charge in [0.1, 0.15) is 11.3 Å². The molecule has 4 aromatic carbocycles. The number of hydrogen-bond donors (Lipinski definition) is 0. The lowest BCUT2D eigenvalue weighted by Crippen LogP contribution is -2.01. The summed E-state index contributed by atoms with van der Waals surface area (Å²) in [5.74, 6) is 0.668. The van der Waals surface area contributed by atoms with Crippen LogP contribution in [-0.4, -0.2) is 7.11 Å². The standard InChI is InChI=1S/C22H14O3/c1-24-15-9-11-17-18-10-8-14-7-6-13-4-2-3-5-16(13)20(14)21(18)22(23)25-19(17)12-15/h2-12H,1H3. The van der Waals surface area contributed by atoms with Crippen LogP contribution in [-0.2, 0) is 0 Å². The van der Waals surface area contributed by atoms with Crippen LogP contribution < -0.4 is 10.4 Å². The van der Waals surface area contributed by atoms with Crippen molar-refractivity contribution in [1.82, 2.24) is 0 Å². The quantitative estimate of drug-likeness (QED) is 0.311. The van der Waals surface area contributed by atoms with E-state index in [1.807, 2.05) is 30.3 Å². The van der Waals surface area contributed by atoms with Crippen LogP contribution in [0.1, 0.15) is 0 Å². The number of benzene rings is 4. The zero-order valence-electron chi connectivity index (χ0n) is 13.6. The molecular weight excluding hydrogens is 312 g/mol. The van der Waals surface area contributed by atoms with Gasteiger partial charge in [-0.1, -0.05) is 48.5 Å². The first-order valence-electron chi connectivity index (χ1n) is 8.11. The summed E-state index contributed by atoms with van der Waals surface area (Å²) in [6.07, 6.45) is 0. The van der Waals surface area contributed by atoms with Crippen molar-refractivity contribution in [2.75, 3.05) is 7.11 Å². The van der Waals surface area contributed by atoms with Crippen LogP contribution in [0.25, 0.3) is 43.3 Å². The monoisotopic (exact) mass is 326 g/mol. The average Bonchev–Trinajstić information content (AvgIpc) is 2.66. The molecule has 0 saturated heterocycles. The Balaban J connectivity index is 2.07. The van der Waals surface area contributed by atoms with E-state index in [2.05, 4.69) is 30.3 Å². The van der Waals surface area contributed by atoms with Gasteiger partial charge in [-0.25, -0.2) is 4.79 Å². The van der Waals surface area contributed by atoms with Gasteiger partial charge in [0.2, 0.25) is 0 Å². The molecule has 3 heteroatoms. The molecule has 0 bridgehead atoms. The Bertz CT molecular complexity index is 1350. The van der Waals surface area contributed by atoms with Crippen molar-refractivity contribution >= 4 is 43.3 Å². The van der Waals surface area contributed by atoms with E-state index in [4.69, 9.17) is 9.15 Å². The predicted octanol–water partition coefficient (Wildman–Crippen LogP) is 5.26. The van der Waals surface area contributed by atoms with Crippen molar-refractivity contribution < 1.29 is 9.15 Å². The molecule has 25 heavy (non-hydrogen) atoms. The second kappa shape index (κ2) is 5.08. The normalized spacial score (nSPS) is 11.6. The van der Waals surface area contributed by atoms with Gasteiger partial charge >= 0.3 is 5.63 Å². The zero-order chi connectivity index (χ0) is 17.0. The van der Waals surface area contributed by atoms with E-state index >= 15 is 0 Å². The van der Waals surface area contributed by atoms with Crippen LogP contribution in [0.3, 0.4) is 0 Å². The lowest BCUT2D eigenvalue weighted by Gasteiger charge is -2.09. The van der Waals surface area contributed by atoms with E-state index < -0.39 is 0 Å². The molecule has 0 saturated carbocycles. The molecule has 1 heterocycles. The van der Waals surface area contributed by atoms with E-state index in [1.54, 1.807) is 13.2 Å². The van der Waals surface area contributed by atoms with Crippen molar-refractivity contribution in [2.24, 2.45) is 0 Å². The molecule has 0 radical (unpaired) electrons. The summed E-state index contributed by atoms with van der Waals surface area (Å²) >= 11 is 0. The fourth-order valence-electron chi connectivity index (χ4n) is 3.62. The molecule has 120 valence electrons. The first kappa shape index (κ1) is 14.1. The Kier molecular flexibility index (Phi) is 2.86. The van der Waals surface area contributed by atoms with Gasteiger partial charge in [0, 0.05) is 22.2 Å². The maximum atomic E-state index is 12.8. The molecule has 0 unspecified atom stereocenters. The molecule has 5 rings (SSSR count). The Labute approximate surface area is 143 Å². The van der Waals surface area contributed by atoms with E-state index in [0.29, 0.717) is 16.7 Å². The fourth-order valence-corrected chi connectivity index (χ4v) is 3.62. The number of ether oxygens (including phenoxy) is 1. The van der Waals surface area contributed by atoms with Gasteiger partial charge in [0.25, 0.3) is 0 Å². The highest BCUT2D eigenvalue weighted by Crippen LogP contribution is 2.34. The number of methoxy groups -OCH3 is 1. The minimum Gasteiger partial charge on any atom is -0.497 e. The predicted molar refractivity (Wildman–Crippen MR) is 102 cm³/mol. The van der Waals surface area contributed by atoms with Crippen LogP contribution in [0.15, 0.2) is 75.9 Å². The molecule has 0 atom stereocenters. The minimum absolute atomic E-state index is 0.322. The SMILES string of the molecule is COc1ccc2c(c1)oc(=O)c1c2ccc2ccc3ccccc3c21. The van der Waals surface area contributed by atoms with Crippen LogP contribution in [0, 0.1) is 0 Å². The maximum Gasteiger partial charge on any atom is 0.344 e. The van der Waals surface area contributed by atoms with Gasteiger partial charge < -0.3 is 9.15 Å². The Morgan fingerprint density at radius 1 is 0.760 bits per heavy atom. The summed E-state index contributed by atoms with van der Waals surface area (Å²) in [6.45, 7) is 0. The molecule has 0 N–H and O–H groups in total. The van der Waals surface area contributed by atoms with Crippen molar-refractivity contribution in [3.8, 4) is 5.75 Å². The van der Waals surface area contributed by atoms with Gasteiger partial charge in [-0.2, -0.15) is 0 Å². The molecule has 3 nitrogen and oxygen atoms in total. The molecular formula is C22H14O3. The highest BCUT2D eigenvalue weighted by Gasteiger charge is 2.13. The summed E-state index contributed by atoms with van der Waals surface area (Å²) in [5, 5.41) is 6.59. The molecule has 5 aromatic rings. The van der Waals surface area contributed by atoms with Gasteiger partial charge in [0.05, 0.1) is 12.5 Å². The van der Waals surface area contributed by atoms with Crippen LogP contribution >= 0.6 is 0 Å². The van der Waals surface area contributed by atoms with Crippen LogP contribution in [0.2, 0.25) is 0 Å². The van der Waals surface area contributed by atoms with E-state index in [9.17, 15) is 4.79 Å². The Morgan fingerprint density at radius 2 is 1.52 bits per heavy atom. The van der Waals surface area contributed by atoms with Gasteiger partial charge in [-0.3, -0.25) is 0 Å². The third-order valence-corrected chi connectivity index (χ3v) is 4.80. The van der Waals surface area contributed by atoms with Gasteiger partial charge in [-0.15, -0.1) is 0 Å². The molecule has 0 aliphatic heterocycles. The lowest BCUT2D eigenvalue weighted by atomic mass is 9.96. The largest absolute Gasteiger partial charge is 0.497 e. The summed E-state index contributed by atoms with van der Waals surface area (Å²) in [5.41, 5.74) is 0.217. The summed E-state index contributed by atoms with van der Waals surface area (Å²) in [6, 6.07) is 21.9. The van der Waals surface area contributed by atoms with Crippen molar-refractivity contribution in [1.29, 1.82) is 0 Å². The Hall–Kier alpha value is -3.33. The van der Waals surface area contributed by atoms with E-state index in [-0.39, 0.29) is 5.63 Å². The van der Waals surface area contributed by atoms with Crippen molar-refractivity contribution in [2.45, 2.75) is 0 Å². The van der Waals surface area contributed by atoms with E-state index in [0.717, 1.165) is 32.3 Å². The maximum absolute atomic E-state index is 12.8. The zero-order valence-corrected chi connectivity index (χ0v) is 13.6. The summed E-state index contributed by atoms with van der Waals surface area (Å²) in [7, 11) is 1.60. The first-order chi connectivity index (χ1) is 12.3. The molecule has 0 aliphatic carbocycles. The number of hydrogen-bond acceptors (Lipinski definition) is 3. The van der Waals surface area contributed by atoms with Crippen molar-refractivity contribution in [3.05, 3.63) is 77.2 Å². The molecule has 0 aliphatic rings. The van der Waals surface area contributed by atoms with Crippen molar-refractivity contribution in [3.63, 3.8) is 0 Å². The van der Waals surface area contributed by atoms with E-state index in [1.165, 1.54) is 0 Å². The third kappa shape index (κ3) is 1.96. The molecule has 0 spiro atoms. The second-order valence-electron chi connectivity index (χ2n) is 6.12. The molecule has 0 fully saturated rings. The van der Waals surface area contributed by atoms with Gasteiger partial charge in [-0.05, 0) is 28.3 Å². The van der Waals surface area contributed by atoms with Crippen LogP contribution in [0.4, 0.5) is 0 Å². The third-order valence-electron chi connectivity index (χ3n) is 4.80. The topological polar surface area (TPSA) is 39.4 Å². The Morgan fingerprint density at radius 3 is 2.40 bits per heavy atom. The second-order valence-corrected chi connectivity index (χ2v) is 6.12. The smallest absolute Gasteiger partial charge is 0.344 e. The highest BCUT2D eigenvalue weighted by molar-refractivity contribution is 6.23. The van der Waals surface area contributed by atoms with Crippen LogP contribution in [0.5, 0.6) is 5.75 Å². The average molecular weight is 326 g/mol. The first-order valence-corrected chi connectivity index (χ1v) is 8.11. The summed E-state index contributed by atoms with van der Waals surface area (Å²) in [4.78, 5) is 12.8. The fraction of sp³-hybridized carbons (Fsp3) is 0.0455. The molecule has 1 aromatic heterocycles.